The summed E-state index contributed by atoms with van der Waals surface area (Å²) in [4.78, 5) is 12.6. The van der Waals surface area contributed by atoms with Crippen LogP contribution in [0.15, 0.2) is 48.9 Å². The highest BCUT2D eigenvalue weighted by Crippen LogP contribution is 2.31. The van der Waals surface area contributed by atoms with E-state index in [9.17, 15) is 8.78 Å². The van der Waals surface area contributed by atoms with Crippen LogP contribution in [0.5, 0.6) is 11.6 Å². The summed E-state index contributed by atoms with van der Waals surface area (Å²) in [5.74, 6) is 0.941. The first kappa shape index (κ1) is 36.1. The van der Waals surface area contributed by atoms with Gasteiger partial charge in [-0.3, -0.25) is 9.97 Å². The average molecular weight is 642 g/mol. The molecule has 0 aliphatic heterocycles. The fourth-order valence-electron chi connectivity index (χ4n) is 5.40. The van der Waals surface area contributed by atoms with Gasteiger partial charge in [-0.15, -0.1) is 0 Å². The number of fused-ring (bicyclic) bond motifs is 1. The minimum absolute atomic E-state index is 0.246. The molecule has 1 aromatic carbocycles. The molecule has 7 nitrogen and oxygen atoms in total. The van der Waals surface area contributed by atoms with Crippen LogP contribution in [-0.2, 0) is 0 Å². The topological polar surface area (TPSA) is 109 Å². The number of aryl methyl sites for hydroxylation is 2. The van der Waals surface area contributed by atoms with Crippen molar-refractivity contribution in [3.63, 3.8) is 0 Å². The second kappa shape index (κ2) is 15.3. The second-order valence-electron chi connectivity index (χ2n) is 13.3. The van der Waals surface area contributed by atoms with Crippen LogP contribution in [-0.4, -0.2) is 39.2 Å². The predicted molar refractivity (Wildman–Crippen MR) is 179 cm³/mol. The Morgan fingerprint density at radius 1 is 0.822 bits per heavy atom. The number of benzene rings is 1. The zero-order valence-electron chi connectivity index (χ0n) is 27.5. The van der Waals surface area contributed by atoms with Crippen LogP contribution >= 0.6 is 11.6 Å². The number of aromatic nitrogens is 3. The SMILES string of the molecule is Cc1cc(-c2ccnc3cc(F)cc(F)c23)ncc1OC[C@@](C)(N)CC(C)C.Cc1cc(Cl)cnc1OC[C@@](C)(N)CC(C)C. The van der Waals surface area contributed by atoms with E-state index >= 15 is 0 Å². The van der Waals surface area contributed by atoms with Gasteiger partial charge in [-0.2, -0.15) is 0 Å². The van der Waals surface area contributed by atoms with E-state index in [0.717, 1.165) is 30.0 Å². The maximum Gasteiger partial charge on any atom is 0.216 e. The van der Waals surface area contributed by atoms with E-state index in [1.807, 2.05) is 39.8 Å². The zero-order valence-corrected chi connectivity index (χ0v) is 28.3. The summed E-state index contributed by atoms with van der Waals surface area (Å²) in [6, 6.07) is 7.40. The van der Waals surface area contributed by atoms with Crippen LogP contribution in [0.3, 0.4) is 0 Å². The minimum Gasteiger partial charge on any atom is -0.490 e. The highest BCUT2D eigenvalue weighted by atomic mass is 35.5. The first-order valence-corrected chi connectivity index (χ1v) is 15.5. The molecule has 0 unspecified atom stereocenters. The number of ether oxygens (including phenoxy) is 2. The number of nitrogens with zero attached hydrogens (tertiary/aromatic N) is 3. The van der Waals surface area contributed by atoms with Gasteiger partial charge in [0.25, 0.3) is 0 Å². The fourth-order valence-corrected chi connectivity index (χ4v) is 5.61. The monoisotopic (exact) mass is 641 g/mol. The van der Waals surface area contributed by atoms with E-state index in [1.54, 1.807) is 18.5 Å². The number of rotatable bonds is 11. The van der Waals surface area contributed by atoms with Gasteiger partial charge in [0.05, 0.1) is 22.4 Å². The van der Waals surface area contributed by atoms with E-state index in [4.69, 9.17) is 32.5 Å². The third-order valence-electron chi connectivity index (χ3n) is 6.94. The number of hydrogen-bond acceptors (Lipinski definition) is 7. The lowest BCUT2D eigenvalue weighted by atomic mass is 9.93. The average Bonchev–Trinajstić information content (AvgIpc) is 2.90. The largest absolute Gasteiger partial charge is 0.490 e. The molecule has 0 saturated carbocycles. The molecule has 4 rings (SSSR count). The smallest absolute Gasteiger partial charge is 0.216 e. The molecular formula is C35H46ClF2N5O2. The van der Waals surface area contributed by atoms with E-state index in [-0.39, 0.29) is 16.4 Å². The molecule has 4 N–H and O–H groups in total. The van der Waals surface area contributed by atoms with Crippen LogP contribution in [0.25, 0.3) is 22.2 Å². The Balaban J connectivity index is 0.000000279. The Hall–Kier alpha value is -3.40. The number of halogens is 3. The molecule has 3 heterocycles. The summed E-state index contributed by atoms with van der Waals surface area (Å²) in [6.07, 6.45) is 6.48. The van der Waals surface area contributed by atoms with Gasteiger partial charge in [-0.25, -0.2) is 13.8 Å². The minimum atomic E-state index is -0.662. The van der Waals surface area contributed by atoms with Gasteiger partial charge in [0.1, 0.15) is 30.6 Å². The van der Waals surface area contributed by atoms with Crippen molar-refractivity contribution in [2.75, 3.05) is 13.2 Å². The van der Waals surface area contributed by atoms with Crippen LogP contribution in [0.4, 0.5) is 8.78 Å². The third kappa shape index (κ3) is 10.9. The first-order chi connectivity index (χ1) is 21.0. The van der Waals surface area contributed by atoms with E-state index < -0.39 is 17.2 Å². The zero-order chi connectivity index (χ0) is 33.5. The standard InChI is InChI=1S/C22H25F2N3O.C13H21ClN2O/c1-13(2)10-22(4,25)12-28-20-11-27-18(7-14(20)3)16-5-6-26-19-9-15(23)8-17(24)21(16)19;1-9(2)6-13(4,15)8-17-12-10(3)5-11(14)7-16-12/h5-9,11,13H,10,12,25H2,1-4H3;5,7,9H,6,8,15H2,1-4H3/t22-;13-/m00/s1. The predicted octanol–water partition coefficient (Wildman–Crippen LogP) is 8.21. The van der Waals surface area contributed by atoms with Gasteiger partial charge in [-0.05, 0) is 76.1 Å². The maximum absolute atomic E-state index is 14.4. The van der Waals surface area contributed by atoms with Crippen molar-refractivity contribution < 1.29 is 18.3 Å². The van der Waals surface area contributed by atoms with Gasteiger partial charge in [0, 0.05) is 52.1 Å². The summed E-state index contributed by atoms with van der Waals surface area (Å²) < 4.78 is 39.4. The van der Waals surface area contributed by atoms with E-state index in [2.05, 4.69) is 42.6 Å². The molecule has 2 atom stereocenters. The Morgan fingerprint density at radius 2 is 1.44 bits per heavy atom. The van der Waals surface area contributed by atoms with Gasteiger partial charge >= 0.3 is 0 Å². The van der Waals surface area contributed by atoms with Crippen molar-refractivity contribution in [2.24, 2.45) is 23.3 Å². The fraction of sp³-hybridized carbons (Fsp3) is 0.457. The van der Waals surface area contributed by atoms with Gasteiger partial charge in [0.2, 0.25) is 5.88 Å². The molecular weight excluding hydrogens is 596 g/mol. The Kier molecular flexibility index (Phi) is 12.2. The molecule has 0 saturated heterocycles. The summed E-state index contributed by atoms with van der Waals surface area (Å²) in [7, 11) is 0. The summed E-state index contributed by atoms with van der Waals surface area (Å²) >= 11 is 5.83. The van der Waals surface area contributed by atoms with Crippen molar-refractivity contribution in [1.29, 1.82) is 0 Å². The molecule has 0 spiro atoms. The molecule has 45 heavy (non-hydrogen) atoms. The van der Waals surface area contributed by atoms with Crippen molar-refractivity contribution in [2.45, 2.75) is 79.3 Å². The molecule has 4 aromatic rings. The lowest BCUT2D eigenvalue weighted by Crippen LogP contribution is -2.43. The van der Waals surface area contributed by atoms with E-state index in [0.29, 0.717) is 53.0 Å². The Labute approximate surface area is 270 Å². The number of pyridine rings is 3. The normalized spacial score (nSPS) is 14.1. The Bertz CT molecular complexity index is 1590. The molecule has 0 radical (unpaired) electrons. The summed E-state index contributed by atoms with van der Waals surface area (Å²) in [5, 5.41) is 0.864. The molecule has 0 bridgehead atoms. The number of nitrogens with two attached hydrogens (primary N) is 2. The molecule has 0 aliphatic carbocycles. The quantitative estimate of drug-likeness (QED) is 0.170. The van der Waals surface area contributed by atoms with Gasteiger partial charge in [0.15, 0.2) is 0 Å². The van der Waals surface area contributed by atoms with Crippen LogP contribution in [0, 0.1) is 37.3 Å². The lowest BCUT2D eigenvalue weighted by molar-refractivity contribution is 0.199. The molecule has 0 aliphatic rings. The highest BCUT2D eigenvalue weighted by Gasteiger charge is 2.23. The van der Waals surface area contributed by atoms with Crippen molar-refractivity contribution in [3.05, 3.63) is 76.7 Å². The molecule has 10 heteroatoms. The van der Waals surface area contributed by atoms with E-state index in [1.165, 1.54) is 12.3 Å². The molecule has 0 amide bonds. The third-order valence-corrected chi connectivity index (χ3v) is 7.15. The van der Waals surface area contributed by atoms with Gasteiger partial charge in [-0.1, -0.05) is 39.3 Å². The second-order valence-corrected chi connectivity index (χ2v) is 13.8. The Morgan fingerprint density at radius 3 is 2.02 bits per heavy atom. The van der Waals surface area contributed by atoms with Crippen molar-refractivity contribution >= 4 is 22.5 Å². The lowest BCUT2D eigenvalue weighted by Gasteiger charge is -2.27. The number of hydrogen-bond donors (Lipinski definition) is 2. The van der Waals surface area contributed by atoms with Crippen LogP contribution in [0.1, 0.15) is 65.5 Å². The summed E-state index contributed by atoms with van der Waals surface area (Å²) in [6.45, 7) is 17.2. The highest BCUT2D eigenvalue weighted by molar-refractivity contribution is 6.30. The van der Waals surface area contributed by atoms with Gasteiger partial charge < -0.3 is 20.9 Å². The first-order valence-electron chi connectivity index (χ1n) is 15.1. The van der Waals surface area contributed by atoms with Crippen LogP contribution in [0.2, 0.25) is 5.02 Å². The summed E-state index contributed by atoms with van der Waals surface area (Å²) in [5.41, 5.74) is 14.9. The molecule has 3 aromatic heterocycles. The molecule has 244 valence electrons. The van der Waals surface area contributed by atoms with Crippen molar-refractivity contribution in [1.82, 2.24) is 15.0 Å². The molecule has 0 fully saturated rings. The van der Waals surface area contributed by atoms with Crippen LogP contribution < -0.4 is 20.9 Å². The van der Waals surface area contributed by atoms with Crippen molar-refractivity contribution in [3.8, 4) is 22.9 Å². The maximum atomic E-state index is 14.4.